The molecule has 0 saturated carbocycles. The maximum atomic E-state index is 12.8. The standard InChI is InChI=1S/C23H36N2O3/c1-7-24(8-2)22(27)18-12-14-25(15-13-18)21(26)17(3)28-20-11-9-10-19(16-20)23(4,5)6/h9-11,16-18H,7-8,12-15H2,1-6H3. The molecule has 0 aromatic heterocycles. The highest BCUT2D eigenvalue weighted by molar-refractivity contribution is 5.82. The van der Waals surface area contributed by atoms with Crippen LogP contribution in [0.3, 0.4) is 0 Å². The average molecular weight is 389 g/mol. The molecule has 0 radical (unpaired) electrons. The SMILES string of the molecule is CCN(CC)C(=O)C1CCN(C(=O)C(C)Oc2cccc(C(C)(C)C)c2)CC1. The molecule has 0 spiro atoms. The third-order valence-electron chi connectivity index (χ3n) is 5.59. The van der Waals surface area contributed by atoms with E-state index in [1.165, 1.54) is 5.56 Å². The van der Waals surface area contributed by atoms with Gasteiger partial charge in [0.25, 0.3) is 5.91 Å². The summed E-state index contributed by atoms with van der Waals surface area (Å²) >= 11 is 0. The molecule has 1 aliphatic heterocycles. The van der Waals surface area contributed by atoms with Gasteiger partial charge in [0.05, 0.1) is 0 Å². The summed E-state index contributed by atoms with van der Waals surface area (Å²) in [6.45, 7) is 15.0. The maximum absolute atomic E-state index is 12.8. The van der Waals surface area contributed by atoms with Gasteiger partial charge in [-0.05, 0) is 56.7 Å². The monoisotopic (exact) mass is 388 g/mol. The van der Waals surface area contributed by atoms with Crippen molar-refractivity contribution in [2.75, 3.05) is 26.2 Å². The number of amides is 2. The van der Waals surface area contributed by atoms with Gasteiger partial charge in [-0.2, -0.15) is 0 Å². The van der Waals surface area contributed by atoms with Gasteiger partial charge in [-0.15, -0.1) is 0 Å². The Balaban J connectivity index is 1.92. The second kappa shape index (κ2) is 9.44. The van der Waals surface area contributed by atoms with Crippen molar-refractivity contribution in [3.8, 4) is 5.75 Å². The Labute approximate surface area is 170 Å². The van der Waals surface area contributed by atoms with Crippen molar-refractivity contribution < 1.29 is 14.3 Å². The number of hydrogen-bond donors (Lipinski definition) is 0. The van der Waals surface area contributed by atoms with Crippen LogP contribution in [0.4, 0.5) is 0 Å². The number of carbonyl (C=O) groups is 2. The molecular formula is C23H36N2O3. The number of nitrogens with zero attached hydrogens (tertiary/aromatic N) is 2. The lowest BCUT2D eigenvalue weighted by Crippen LogP contribution is -2.47. The summed E-state index contributed by atoms with van der Waals surface area (Å²) in [6, 6.07) is 7.96. The topological polar surface area (TPSA) is 49.9 Å². The van der Waals surface area contributed by atoms with Crippen molar-refractivity contribution in [1.82, 2.24) is 9.80 Å². The summed E-state index contributed by atoms with van der Waals surface area (Å²) in [5, 5.41) is 0. The number of piperidine rings is 1. The Bertz CT molecular complexity index is 669. The highest BCUT2D eigenvalue weighted by atomic mass is 16.5. The van der Waals surface area contributed by atoms with Gasteiger partial charge >= 0.3 is 0 Å². The predicted molar refractivity (Wildman–Crippen MR) is 112 cm³/mol. The molecule has 1 aromatic carbocycles. The fraction of sp³-hybridized carbons (Fsp3) is 0.652. The Morgan fingerprint density at radius 2 is 1.79 bits per heavy atom. The van der Waals surface area contributed by atoms with Crippen LogP contribution in [-0.2, 0) is 15.0 Å². The molecule has 1 atom stereocenters. The van der Waals surface area contributed by atoms with Crippen LogP contribution >= 0.6 is 0 Å². The fourth-order valence-electron chi connectivity index (χ4n) is 3.69. The van der Waals surface area contributed by atoms with Gasteiger partial charge in [-0.1, -0.05) is 32.9 Å². The van der Waals surface area contributed by atoms with Crippen LogP contribution in [0, 0.1) is 5.92 Å². The zero-order valence-electron chi connectivity index (χ0n) is 18.3. The average Bonchev–Trinajstić information content (AvgIpc) is 2.68. The second-order valence-electron chi connectivity index (χ2n) is 8.65. The van der Waals surface area contributed by atoms with Crippen molar-refractivity contribution in [2.24, 2.45) is 5.92 Å². The zero-order valence-corrected chi connectivity index (χ0v) is 18.3. The van der Waals surface area contributed by atoms with Crippen LogP contribution in [0.5, 0.6) is 5.75 Å². The van der Waals surface area contributed by atoms with E-state index in [1.54, 1.807) is 6.92 Å². The van der Waals surface area contributed by atoms with Crippen LogP contribution in [0.1, 0.15) is 59.9 Å². The third-order valence-corrected chi connectivity index (χ3v) is 5.59. The summed E-state index contributed by atoms with van der Waals surface area (Å²) in [4.78, 5) is 29.1. The molecule has 5 heteroatoms. The molecule has 0 N–H and O–H groups in total. The maximum Gasteiger partial charge on any atom is 0.263 e. The largest absolute Gasteiger partial charge is 0.481 e. The third kappa shape index (κ3) is 5.49. The lowest BCUT2D eigenvalue weighted by atomic mass is 9.87. The van der Waals surface area contributed by atoms with Crippen molar-refractivity contribution >= 4 is 11.8 Å². The quantitative estimate of drug-likeness (QED) is 0.744. The Morgan fingerprint density at radius 3 is 2.32 bits per heavy atom. The molecule has 1 heterocycles. The molecule has 156 valence electrons. The van der Waals surface area contributed by atoms with E-state index >= 15 is 0 Å². The molecule has 1 aliphatic rings. The summed E-state index contributed by atoms with van der Waals surface area (Å²) in [5.41, 5.74) is 1.21. The van der Waals surface area contributed by atoms with Gasteiger partial charge in [-0.3, -0.25) is 9.59 Å². The molecule has 0 aliphatic carbocycles. The number of hydrogen-bond acceptors (Lipinski definition) is 3. The smallest absolute Gasteiger partial charge is 0.263 e. The van der Waals surface area contributed by atoms with E-state index in [0.717, 1.165) is 31.7 Å². The lowest BCUT2D eigenvalue weighted by molar-refractivity contribution is -0.143. The van der Waals surface area contributed by atoms with Crippen LogP contribution in [0.15, 0.2) is 24.3 Å². The molecule has 2 rings (SSSR count). The van der Waals surface area contributed by atoms with Crippen molar-refractivity contribution in [3.05, 3.63) is 29.8 Å². The summed E-state index contributed by atoms with van der Waals surface area (Å²) in [6.07, 6.45) is 0.922. The summed E-state index contributed by atoms with van der Waals surface area (Å²) in [7, 11) is 0. The minimum Gasteiger partial charge on any atom is -0.481 e. The molecule has 1 aromatic rings. The van der Waals surface area contributed by atoms with Crippen LogP contribution in [-0.4, -0.2) is 53.9 Å². The van der Waals surface area contributed by atoms with Gasteiger partial charge in [0, 0.05) is 32.1 Å². The Kier molecular flexibility index (Phi) is 7.50. The lowest BCUT2D eigenvalue weighted by Gasteiger charge is -2.35. The van der Waals surface area contributed by atoms with E-state index in [2.05, 4.69) is 26.8 Å². The highest BCUT2D eigenvalue weighted by Crippen LogP contribution is 2.26. The molecule has 5 nitrogen and oxygen atoms in total. The summed E-state index contributed by atoms with van der Waals surface area (Å²) < 4.78 is 5.95. The molecule has 2 amide bonds. The van der Waals surface area contributed by atoms with E-state index in [1.807, 2.05) is 41.8 Å². The minimum atomic E-state index is -0.537. The van der Waals surface area contributed by atoms with Gasteiger partial charge in [-0.25, -0.2) is 0 Å². The van der Waals surface area contributed by atoms with Crippen LogP contribution < -0.4 is 4.74 Å². The van der Waals surface area contributed by atoms with E-state index in [9.17, 15) is 9.59 Å². The Morgan fingerprint density at radius 1 is 1.18 bits per heavy atom. The molecule has 28 heavy (non-hydrogen) atoms. The van der Waals surface area contributed by atoms with Gasteiger partial charge in [0.1, 0.15) is 5.75 Å². The van der Waals surface area contributed by atoms with Crippen molar-refractivity contribution in [2.45, 2.75) is 65.9 Å². The van der Waals surface area contributed by atoms with E-state index in [4.69, 9.17) is 4.74 Å². The van der Waals surface area contributed by atoms with Crippen molar-refractivity contribution in [3.63, 3.8) is 0 Å². The Hall–Kier alpha value is -2.04. The molecule has 1 saturated heterocycles. The molecular weight excluding hydrogens is 352 g/mol. The first-order valence-corrected chi connectivity index (χ1v) is 10.5. The highest BCUT2D eigenvalue weighted by Gasteiger charge is 2.31. The number of ether oxygens (including phenoxy) is 1. The molecule has 0 bridgehead atoms. The molecule has 1 unspecified atom stereocenters. The van der Waals surface area contributed by atoms with Gasteiger partial charge in [0.15, 0.2) is 6.10 Å². The van der Waals surface area contributed by atoms with Crippen molar-refractivity contribution in [1.29, 1.82) is 0 Å². The number of benzene rings is 1. The first-order valence-electron chi connectivity index (χ1n) is 10.5. The van der Waals surface area contributed by atoms with E-state index < -0.39 is 6.10 Å². The first-order chi connectivity index (χ1) is 13.2. The number of rotatable bonds is 6. The molecule has 1 fully saturated rings. The normalized spacial score (nSPS) is 16.6. The zero-order chi connectivity index (χ0) is 20.9. The number of carbonyl (C=O) groups excluding carboxylic acids is 2. The first kappa shape index (κ1) is 22.3. The van der Waals surface area contributed by atoms with Gasteiger partial charge < -0.3 is 14.5 Å². The van der Waals surface area contributed by atoms with Crippen LogP contribution in [0.25, 0.3) is 0 Å². The van der Waals surface area contributed by atoms with E-state index in [-0.39, 0.29) is 23.1 Å². The predicted octanol–water partition coefficient (Wildman–Crippen LogP) is 3.86. The van der Waals surface area contributed by atoms with Crippen LogP contribution in [0.2, 0.25) is 0 Å². The minimum absolute atomic E-state index is 0.00472. The second-order valence-corrected chi connectivity index (χ2v) is 8.65. The summed E-state index contributed by atoms with van der Waals surface area (Å²) in [5.74, 6) is 0.971. The fourth-order valence-corrected chi connectivity index (χ4v) is 3.69. The van der Waals surface area contributed by atoms with E-state index in [0.29, 0.717) is 13.1 Å². The number of likely N-dealkylation sites (tertiary alicyclic amines) is 1. The van der Waals surface area contributed by atoms with Gasteiger partial charge in [0.2, 0.25) is 5.91 Å².